The van der Waals surface area contributed by atoms with E-state index >= 15 is 0 Å². The molecular formula is C14H22N2O2. The summed E-state index contributed by atoms with van der Waals surface area (Å²) in [7, 11) is 1.61. The predicted molar refractivity (Wildman–Crippen MR) is 74.1 cm³/mol. The molecule has 1 amide bonds. The highest BCUT2D eigenvalue weighted by Gasteiger charge is 2.07. The second-order valence-electron chi connectivity index (χ2n) is 4.27. The number of anilines is 1. The van der Waals surface area contributed by atoms with Crippen LogP contribution in [0.5, 0.6) is 5.75 Å². The smallest absolute Gasteiger partial charge is 0.248 e. The first-order chi connectivity index (χ1) is 8.69. The van der Waals surface area contributed by atoms with Crippen LogP contribution in [0, 0.1) is 0 Å². The Morgan fingerprint density at radius 3 is 2.72 bits per heavy atom. The van der Waals surface area contributed by atoms with Crippen LogP contribution >= 0.6 is 0 Å². The number of amides is 1. The zero-order valence-electron chi connectivity index (χ0n) is 11.2. The number of rotatable bonds is 8. The molecule has 4 nitrogen and oxygen atoms in total. The second-order valence-corrected chi connectivity index (χ2v) is 4.27. The molecule has 4 heteroatoms. The fraction of sp³-hybridized carbons (Fsp3) is 0.500. The lowest BCUT2D eigenvalue weighted by Crippen LogP contribution is -2.12. The topological polar surface area (TPSA) is 64.3 Å². The summed E-state index contributed by atoms with van der Waals surface area (Å²) in [6.07, 6.45) is 4.79. The number of primary amides is 1. The zero-order valence-corrected chi connectivity index (χ0v) is 11.2. The third kappa shape index (κ3) is 4.28. The number of hydrogen-bond acceptors (Lipinski definition) is 3. The molecule has 100 valence electrons. The summed E-state index contributed by atoms with van der Waals surface area (Å²) in [6, 6.07) is 5.17. The third-order valence-electron chi connectivity index (χ3n) is 2.83. The Hall–Kier alpha value is -1.71. The summed E-state index contributed by atoms with van der Waals surface area (Å²) in [5.74, 6) is 0.308. The maximum absolute atomic E-state index is 11.1. The molecule has 0 aliphatic heterocycles. The minimum absolute atomic E-state index is 0.424. The van der Waals surface area contributed by atoms with Crippen LogP contribution in [-0.4, -0.2) is 19.6 Å². The van der Waals surface area contributed by atoms with E-state index in [2.05, 4.69) is 12.2 Å². The average Bonchev–Trinajstić information content (AvgIpc) is 2.38. The second kappa shape index (κ2) is 7.58. The van der Waals surface area contributed by atoms with Crippen molar-refractivity contribution in [3.05, 3.63) is 23.8 Å². The highest BCUT2D eigenvalue weighted by molar-refractivity contribution is 5.94. The highest BCUT2D eigenvalue weighted by Crippen LogP contribution is 2.25. The molecule has 0 fully saturated rings. The van der Waals surface area contributed by atoms with Gasteiger partial charge in [0.2, 0.25) is 5.91 Å². The van der Waals surface area contributed by atoms with Gasteiger partial charge in [-0.2, -0.15) is 0 Å². The average molecular weight is 250 g/mol. The molecule has 0 aliphatic rings. The van der Waals surface area contributed by atoms with E-state index in [0.717, 1.165) is 24.4 Å². The summed E-state index contributed by atoms with van der Waals surface area (Å²) in [5, 5.41) is 3.29. The minimum atomic E-state index is -0.424. The first-order valence-corrected chi connectivity index (χ1v) is 6.40. The van der Waals surface area contributed by atoms with Gasteiger partial charge in [0, 0.05) is 12.1 Å². The van der Waals surface area contributed by atoms with Gasteiger partial charge in [-0.3, -0.25) is 4.79 Å². The van der Waals surface area contributed by atoms with Crippen LogP contribution in [0.4, 0.5) is 5.69 Å². The van der Waals surface area contributed by atoms with Crippen molar-refractivity contribution in [3.63, 3.8) is 0 Å². The molecule has 1 rings (SSSR count). The van der Waals surface area contributed by atoms with Crippen molar-refractivity contribution in [1.29, 1.82) is 0 Å². The van der Waals surface area contributed by atoms with Crippen LogP contribution < -0.4 is 15.8 Å². The van der Waals surface area contributed by atoms with Crippen molar-refractivity contribution < 1.29 is 9.53 Å². The predicted octanol–water partition coefficient (Wildman–Crippen LogP) is 2.79. The lowest BCUT2D eigenvalue weighted by atomic mass is 10.1. The van der Waals surface area contributed by atoms with Gasteiger partial charge in [-0.05, 0) is 24.6 Å². The van der Waals surface area contributed by atoms with Gasteiger partial charge in [0.25, 0.3) is 0 Å². The Morgan fingerprint density at radius 2 is 2.11 bits per heavy atom. The molecule has 0 atom stereocenters. The standard InChI is InChI=1S/C14H22N2O2/c1-3-4-5-6-9-16-12-10-11(14(15)17)7-8-13(12)18-2/h7-8,10,16H,3-6,9H2,1-2H3,(H2,15,17). The van der Waals surface area contributed by atoms with Gasteiger partial charge in [0.15, 0.2) is 0 Å². The molecule has 1 aromatic rings. The normalized spacial score (nSPS) is 10.1. The van der Waals surface area contributed by atoms with E-state index in [0.29, 0.717) is 5.56 Å². The molecule has 3 N–H and O–H groups in total. The molecule has 0 unspecified atom stereocenters. The van der Waals surface area contributed by atoms with E-state index in [1.165, 1.54) is 19.3 Å². The summed E-state index contributed by atoms with van der Waals surface area (Å²) < 4.78 is 5.24. The molecule has 0 aromatic heterocycles. The van der Waals surface area contributed by atoms with Crippen LogP contribution in [0.1, 0.15) is 43.0 Å². The van der Waals surface area contributed by atoms with Crippen molar-refractivity contribution in [2.75, 3.05) is 19.0 Å². The van der Waals surface area contributed by atoms with Gasteiger partial charge < -0.3 is 15.8 Å². The largest absolute Gasteiger partial charge is 0.495 e. The monoisotopic (exact) mass is 250 g/mol. The number of carbonyl (C=O) groups is 1. The Morgan fingerprint density at radius 1 is 1.33 bits per heavy atom. The number of hydrogen-bond donors (Lipinski definition) is 2. The van der Waals surface area contributed by atoms with Crippen molar-refractivity contribution in [2.45, 2.75) is 32.6 Å². The first-order valence-electron chi connectivity index (χ1n) is 6.40. The molecule has 0 aliphatic carbocycles. The number of nitrogens with two attached hydrogens (primary N) is 1. The quantitative estimate of drug-likeness (QED) is 0.697. The maximum atomic E-state index is 11.1. The highest BCUT2D eigenvalue weighted by atomic mass is 16.5. The minimum Gasteiger partial charge on any atom is -0.495 e. The van der Waals surface area contributed by atoms with Gasteiger partial charge >= 0.3 is 0 Å². The van der Waals surface area contributed by atoms with Gasteiger partial charge in [-0.1, -0.05) is 26.2 Å². The fourth-order valence-electron chi connectivity index (χ4n) is 1.77. The molecule has 18 heavy (non-hydrogen) atoms. The van der Waals surface area contributed by atoms with Crippen molar-refractivity contribution >= 4 is 11.6 Å². The number of nitrogens with one attached hydrogen (secondary N) is 1. The SMILES string of the molecule is CCCCCCNc1cc(C(N)=O)ccc1OC. The van der Waals surface area contributed by atoms with Crippen LogP contribution in [0.3, 0.4) is 0 Å². The third-order valence-corrected chi connectivity index (χ3v) is 2.83. The summed E-state index contributed by atoms with van der Waals surface area (Å²) in [6.45, 7) is 3.06. The fourth-order valence-corrected chi connectivity index (χ4v) is 1.77. The van der Waals surface area contributed by atoms with Gasteiger partial charge in [-0.25, -0.2) is 0 Å². The maximum Gasteiger partial charge on any atom is 0.248 e. The Kier molecular flexibility index (Phi) is 6.05. The van der Waals surface area contributed by atoms with Crippen molar-refractivity contribution in [2.24, 2.45) is 5.73 Å². The molecule has 0 radical (unpaired) electrons. The molecule has 0 spiro atoms. The van der Waals surface area contributed by atoms with E-state index in [1.807, 2.05) is 0 Å². The van der Waals surface area contributed by atoms with E-state index in [-0.39, 0.29) is 0 Å². The summed E-state index contributed by atoms with van der Waals surface area (Å²) >= 11 is 0. The Balaban J connectivity index is 2.61. The Bertz CT molecular complexity index is 391. The molecular weight excluding hydrogens is 228 g/mol. The lowest BCUT2D eigenvalue weighted by Gasteiger charge is -2.12. The Labute approximate surface area is 109 Å². The van der Waals surface area contributed by atoms with Crippen molar-refractivity contribution in [1.82, 2.24) is 0 Å². The van der Waals surface area contributed by atoms with Crippen LogP contribution in [0.2, 0.25) is 0 Å². The number of carbonyl (C=O) groups excluding carboxylic acids is 1. The lowest BCUT2D eigenvalue weighted by molar-refractivity contribution is 0.100. The van der Waals surface area contributed by atoms with Gasteiger partial charge in [0.1, 0.15) is 5.75 Å². The number of benzene rings is 1. The van der Waals surface area contributed by atoms with Gasteiger partial charge in [-0.15, -0.1) is 0 Å². The zero-order chi connectivity index (χ0) is 13.4. The molecule has 0 bridgehead atoms. The molecule has 1 aromatic carbocycles. The molecule has 0 saturated carbocycles. The van der Waals surface area contributed by atoms with Crippen LogP contribution in [0.15, 0.2) is 18.2 Å². The van der Waals surface area contributed by atoms with E-state index in [1.54, 1.807) is 25.3 Å². The molecule has 0 saturated heterocycles. The number of methoxy groups -OCH3 is 1. The van der Waals surface area contributed by atoms with Crippen LogP contribution in [-0.2, 0) is 0 Å². The summed E-state index contributed by atoms with van der Waals surface area (Å²) in [5.41, 5.74) is 6.58. The van der Waals surface area contributed by atoms with E-state index in [4.69, 9.17) is 10.5 Å². The summed E-state index contributed by atoms with van der Waals surface area (Å²) in [4.78, 5) is 11.1. The number of ether oxygens (including phenoxy) is 1. The van der Waals surface area contributed by atoms with E-state index in [9.17, 15) is 4.79 Å². The van der Waals surface area contributed by atoms with Crippen LogP contribution in [0.25, 0.3) is 0 Å². The molecule has 0 heterocycles. The first kappa shape index (κ1) is 14.4. The number of unbranched alkanes of at least 4 members (excludes halogenated alkanes) is 3. The van der Waals surface area contributed by atoms with E-state index < -0.39 is 5.91 Å². The van der Waals surface area contributed by atoms with Gasteiger partial charge in [0.05, 0.1) is 12.8 Å². The van der Waals surface area contributed by atoms with Crippen molar-refractivity contribution in [3.8, 4) is 5.75 Å².